The third kappa shape index (κ3) is 4.00. The Morgan fingerprint density at radius 2 is 2.20 bits per heavy atom. The monoisotopic (exact) mass is 343 g/mol. The molecule has 1 atom stereocenters. The van der Waals surface area contributed by atoms with E-state index in [0.717, 1.165) is 31.4 Å². The molecule has 6 nitrogen and oxygen atoms in total. The zero-order chi connectivity index (χ0) is 17.6. The van der Waals surface area contributed by atoms with Crippen molar-refractivity contribution in [3.63, 3.8) is 0 Å². The third-order valence-electron chi connectivity index (χ3n) is 4.79. The second-order valence-electron chi connectivity index (χ2n) is 6.36. The lowest BCUT2D eigenvalue weighted by Crippen LogP contribution is -2.43. The Hall–Kier alpha value is -2.37. The van der Waals surface area contributed by atoms with E-state index in [9.17, 15) is 4.79 Å². The van der Waals surface area contributed by atoms with Gasteiger partial charge in [-0.25, -0.2) is 0 Å². The molecule has 1 aromatic carbocycles. The minimum absolute atomic E-state index is 0.184. The summed E-state index contributed by atoms with van der Waals surface area (Å²) in [5.74, 6) is 1.86. The molecule has 2 heterocycles. The fourth-order valence-electron chi connectivity index (χ4n) is 3.41. The van der Waals surface area contributed by atoms with Crippen molar-refractivity contribution in [2.24, 2.45) is 0 Å². The molecule has 1 fully saturated rings. The topological polar surface area (TPSA) is 68.5 Å². The summed E-state index contributed by atoms with van der Waals surface area (Å²) in [7, 11) is 1.61. The van der Waals surface area contributed by atoms with Gasteiger partial charge in [0, 0.05) is 25.4 Å². The number of aryl methyl sites for hydroxylation is 1. The first kappa shape index (κ1) is 17.5. The number of methoxy groups -OCH3 is 1. The fourth-order valence-corrected chi connectivity index (χ4v) is 3.41. The van der Waals surface area contributed by atoms with Gasteiger partial charge in [-0.2, -0.15) is 4.98 Å². The van der Waals surface area contributed by atoms with Crippen LogP contribution in [0.2, 0.25) is 0 Å². The van der Waals surface area contributed by atoms with Crippen LogP contribution >= 0.6 is 0 Å². The fraction of sp³-hybridized carbons (Fsp3) is 0.526. The lowest BCUT2D eigenvalue weighted by atomic mass is 9.99. The van der Waals surface area contributed by atoms with Gasteiger partial charge in [0.2, 0.25) is 17.6 Å². The van der Waals surface area contributed by atoms with Crippen LogP contribution in [0.5, 0.6) is 5.75 Å². The lowest BCUT2D eigenvalue weighted by Gasteiger charge is -2.35. The van der Waals surface area contributed by atoms with Gasteiger partial charge < -0.3 is 14.2 Å². The van der Waals surface area contributed by atoms with E-state index >= 15 is 0 Å². The highest BCUT2D eigenvalue weighted by molar-refractivity contribution is 5.76. The number of likely N-dealkylation sites (tertiary alicyclic amines) is 1. The first-order valence-corrected chi connectivity index (χ1v) is 8.98. The van der Waals surface area contributed by atoms with Crippen LogP contribution in [0.1, 0.15) is 44.9 Å². The van der Waals surface area contributed by atoms with Crippen LogP contribution in [0, 0.1) is 0 Å². The molecule has 0 bridgehead atoms. The van der Waals surface area contributed by atoms with Crippen LogP contribution in [0.25, 0.3) is 11.4 Å². The molecule has 0 spiro atoms. The Labute approximate surface area is 148 Å². The summed E-state index contributed by atoms with van der Waals surface area (Å²) in [5.41, 5.74) is 0.786. The van der Waals surface area contributed by atoms with Crippen molar-refractivity contribution >= 4 is 5.91 Å². The van der Waals surface area contributed by atoms with E-state index in [2.05, 4.69) is 17.1 Å². The average Bonchev–Trinajstić information content (AvgIpc) is 3.14. The highest BCUT2D eigenvalue weighted by atomic mass is 16.5. The predicted molar refractivity (Wildman–Crippen MR) is 94.3 cm³/mol. The van der Waals surface area contributed by atoms with E-state index in [4.69, 9.17) is 9.26 Å². The van der Waals surface area contributed by atoms with Crippen LogP contribution in [0.4, 0.5) is 0 Å². The molecule has 0 radical (unpaired) electrons. The summed E-state index contributed by atoms with van der Waals surface area (Å²) >= 11 is 0. The number of hydrogen-bond donors (Lipinski definition) is 0. The van der Waals surface area contributed by atoms with Gasteiger partial charge in [-0.3, -0.25) is 4.79 Å². The number of carbonyl (C=O) groups excluding carboxylic acids is 1. The largest absolute Gasteiger partial charge is 0.496 e. The van der Waals surface area contributed by atoms with E-state index in [1.54, 1.807) is 7.11 Å². The van der Waals surface area contributed by atoms with Gasteiger partial charge in [0.25, 0.3) is 0 Å². The van der Waals surface area contributed by atoms with Crippen molar-refractivity contribution in [2.45, 2.75) is 51.5 Å². The number of benzene rings is 1. The maximum Gasteiger partial charge on any atom is 0.227 e. The number of piperidine rings is 1. The van der Waals surface area contributed by atoms with Crippen LogP contribution in [-0.4, -0.2) is 40.6 Å². The van der Waals surface area contributed by atoms with Crippen molar-refractivity contribution in [3.8, 4) is 17.1 Å². The minimum Gasteiger partial charge on any atom is -0.496 e. The Kier molecular flexibility index (Phi) is 5.68. The first-order chi connectivity index (χ1) is 12.2. The van der Waals surface area contributed by atoms with Gasteiger partial charge in [-0.15, -0.1) is 0 Å². The van der Waals surface area contributed by atoms with Crippen LogP contribution < -0.4 is 4.74 Å². The molecule has 1 aliphatic rings. The molecule has 0 N–H and O–H groups in total. The number of amides is 1. The molecule has 6 heteroatoms. The molecule has 3 rings (SSSR count). The zero-order valence-electron chi connectivity index (χ0n) is 14.9. The number of nitrogens with zero attached hydrogens (tertiary/aromatic N) is 3. The van der Waals surface area contributed by atoms with Gasteiger partial charge in [-0.05, 0) is 37.8 Å². The summed E-state index contributed by atoms with van der Waals surface area (Å²) in [6, 6.07) is 7.92. The van der Waals surface area contributed by atoms with Gasteiger partial charge in [0.15, 0.2) is 0 Å². The molecule has 1 amide bonds. The summed E-state index contributed by atoms with van der Waals surface area (Å²) in [5, 5.41) is 4.03. The van der Waals surface area contributed by atoms with E-state index in [1.165, 1.54) is 6.42 Å². The van der Waals surface area contributed by atoms with E-state index in [1.807, 2.05) is 29.2 Å². The van der Waals surface area contributed by atoms with Gasteiger partial charge >= 0.3 is 0 Å². The summed E-state index contributed by atoms with van der Waals surface area (Å²) < 4.78 is 10.7. The maximum absolute atomic E-state index is 12.5. The van der Waals surface area contributed by atoms with Crippen molar-refractivity contribution in [3.05, 3.63) is 30.2 Å². The maximum atomic E-state index is 12.5. The molecule has 2 aromatic rings. The standard InChI is InChI=1S/C19H25N3O3/c1-3-14-8-6-7-13-22(14)18(23)12-11-17-20-19(21-25-17)15-9-4-5-10-16(15)24-2/h4-5,9-10,14H,3,6-8,11-13H2,1-2H3. The number of para-hydroxylation sites is 1. The molecule has 25 heavy (non-hydrogen) atoms. The number of rotatable bonds is 6. The van der Waals surface area contributed by atoms with E-state index in [-0.39, 0.29) is 5.91 Å². The number of hydrogen-bond acceptors (Lipinski definition) is 5. The number of carbonyl (C=O) groups is 1. The van der Waals surface area contributed by atoms with E-state index < -0.39 is 0 Å². The third-order valence-corrected chi connectivity index (χ3v) is 4.79. The Morgan fingerprint density at radius 3 is 3.00 bits per heavy atom. The lowest BCUT2D eigenvalue weighted by molar-refractivity contribution is -0.135. The molecule has 0 saturated carbocycles. The Morgan fingerprint density at radius 1 is 1.36 bits per heavy atom. The Bertz CT molecular complexity index is 713. The molecule has 1 unspecified atom stereocenters. The normalized spacial score (nSPS) is 17.5. The molecule has 134 valence electrons. The van der Waals surface area contributed by atoms with E-state index in [0.29, 0.717) is 36.3 Å². The summed E-state index contributed by atoms with van der Waals surface area (Å²) in [4.78, 5) is 19.0. The first-order valence-electron chi connectivity index (χ1n) is 8.98. The van der Waals surface area contributed by atoms with Crippen molar-refractivity contribution in [1.29, 1.82) is 0 Å². The van der Waals surface area contributed by atoms with Crippen molar-refractivity contribution in [1.82, 2.24) is 15.0 Å². The van der Waals surface area contributed by atoms with Crippen LogP contribution in [0.3, 0.4) is 0 Å². The Balaban J connectivity index is 1.63. The SMILES string of the molecule is CCC1CCCCN1C(=O)CCc1nc(-c2ccccc2OC)no1. The molecule has 1 aromatic heterocycles. The highest BCUT2D eigenvalue weighted by Crippen LogP contribution is 2.27. The smallest absolute Gasteiger partial charge is 0.227 e. The van der Waals surface area contributed by atoms with Crippen molar-refractivity contribution < 1.29 is 14.1 Å². The molecule has 0 aliphatic carbocycles. The zero-order valence-corrected chi connectivity index (χ0v) is 14.9. The number of aromatic nitrogens is 2. The molecule has 1 saturated heterocycles. The summed E-state index contributed by atoms with van der Waals surface area (Å²) in [6.45, 7) is 3.02. The second kappa shape index (κ2) is 8.14. The van der Waals surface area contributed by atoms with Crippen molar-refractivity contribution in [2.75, 3.05) is 13.7 Å². The van der Waals surface area contributed by atoms with Crippen LogP contribution in [-0.2, 0) is 11.2 Å². The highest BCUT2D eigenvalue weighted by Gasteiger charge is 2.25. The quantitative estimate of drug-likeness (QED) is 0.803. The van der Waals surface area contributed by atoms with Gasteiger partial charge in [0.05, 0.1) is 12.7 Å². The van der Waals surface area contributed by atoms with Gasteiger partial charge in [0.1, 0.15) is 5.75 Å². The average molecular weight is 343 g/mol. The molecule has 1 aliphatic heterocycles. The summed E-state index contributed by atoms with van der Waals surface area (Å²) in [6.07, 6.45) is 5.32. The molecular weight excluding hydrogens is 318 g/mol. The molecular formula is C19H25N3O3. The minimum atomic E-state index is 0.184. The van der Waals surface area contributed by atoms with Gasteiger partial charge in [-0.1, -0.05) is 24.2 Å². The second-order valence-corrected chi connectivity index (χ2v) is 6.36. The predicted octanol–water partition coefficient (Wildman–Crippen LogP) is 3.47. The number of ether oxygens (including phenoxy) is 1. The van der Waals surface area contributed by atoms with Crippen LogP contribution in [0.15, 0.2) is 28.8 Å².